The van der Waals surface area contributed by atoms with Gasteiger partial charge in [0, 0.05) is 25.9 Å². The molecule has 1 aromatic rings. The molecule has 18 heavy (non-hydrogen) atoms. The second kappa shape index (κ2) is 7.51. The summed E-state index contributed by atoms with van der Waals surface area (Å²) in [6, 6.07) is 3.52. The van der Waals surface area contributed by atoms with Gasteiger partial charge in [0.1, 0.15) is 11.8 Å². The molecule has 0 aliphatic carbocycles. The Hall–Kier alpha value is -1.80. The van der Waals surface area contributed by atoms with E-state index in [0.717, 1.165) is 12.8 Å². The Morgan fingerprint density at radius 2 is 2.22 bits per heavy atom. The molecule has 0 fully saturated rings. The molecule has 1 rings (SSSR count). The summed E-state index contributed by atoms with van der Waals surface area (Å²) in [5, 5.41) is 17.6. The third-order valence-electron chi connectivity index (χ3n) is 2.71. The molecular weight excluding hydrogens is 230 g/mol. The van der Waals surface area contributed by atoms with Gasteiger partial charge in [-0.1, -0.05) is 13.3 Å². The Morgan fingerprint density at radius 3 is 2.78 bits per heavy atom. The molecule has 0 saturated carbocycles. The van der Waals surface area contributed by atoms with E-state index >= 15 is 0 Å². The Labute approximate surface area is 107 Å². The van der Waals surface area contributed by atoms with Gasteiger partial charge in [-0.25, -0.2) is 0 Å². The maximum atomic E-state index is 12.2. The van der Waals surface area contributed by atoms with Crippen molar-refractivity contribution in [3.8, 4) is 6.07 Å². The first kappa shape index (κ1) is 14.3. The minimum atomic E-state index is -0.0883. The SMILES string of the molecule is CCCCN(CCCO)C(=O)c1c[nH]c(C#N)c1. The van der Waals surface area contributed by atoms with Crippen LogP contribution in [0.4, 0.5) is 0 Å². The van der Waals surface area contributed by atoms with Gasteiger partial charge in [-0.15, -0.1) is 0 Å². The molecule has 0 saturated heterocycles. The number of aromatic nitrogens is 1. The fraction of sp³-hybridized carbons (Fsp3) is 0.538. The lowest BCUT2D eigenvalue weighted by atomic mass is 10.2. The lowest BCUT2D eigenvalue weighted by Crippen LogP contribution is -2.33. The van der Waals surface area contributed by atoms with Gasteiger partial charge in [-0.05, 0) is 18.9 Å². The van der Waals surface area contributed by atoms with Crippen molar-refractivity contribution in [2.75, 3.05) is 19.7 Å². The molecule has 0 atom stereocenters. The summed E-state index contributed by atoms with van der Waals surface area (Å²) in [5.74, 6) is -0.0883. The number of H-pyrrole nitrogens is 1. The molecule has 0 radical (unpaired) electrons. The highest BCUT2D eigenvalue weighted by Crippen LogP contribution is 2.08. The van der Waals surface area contributed by atoms with Crippen molar-refractivity contribution in [1.82, 2.24) is 9.88 Å². The monoisotopic (exact) mass is 249 g/mol. The summed E-state index contributed by atoms with van der Waals surface area (Å²) in [6.45, 7) is 3.37. The van der Waals surface area contributed by atoms with Gasteiger partial charge in [0.05, 0.1) is 5.56 Å². The second-order valence-electron chi connectivity index (χ2n) is 4.14. The van der Waals surface area contributed by atoms with E-state index in [-0.39, 0.29) is 12.5 Å². The summed E-state index contributed by atoms with van der Waals surface area (Å²) in [6.07, 6.45) is 4.08. The first-order chi connectivity index (χ1) is 8.72. The number of amides is 1. The van der Waals surface area contributed by atoms with Gasteiger partial charge in [-0.2, -0.15) is 5.26 Å². The van der Waals surface area contributed by atoms with Crippen molar-refractivity contribution in [3.05, 3.63) is 23.5 Å². The number of carbonyl (C=O) groups is 1. The van der Waals surface area contributed by atoms with Gasteiger partial charge >= 0.3 is 0 Å². The summed E-state index contributed by atoms with van der Waals surface area (Å²) in [5.41, 5.74) is 0.886. The first-order valence-electron chi connectivity index (χ1n) is 6.21. The number of carbonyl (C=O) groups excluding carboxylic acids is 1. The van der Waals surface area contributed by atoms with Crippen LogP contribution in [0.3, 0.4) is 0 Å². The first-order valence-corrected chi connectivity index (χ1v) is 6.21. The van der Waals surface area contributed by atoms with Crippen LogP contribution in [0.2, 0.25) is 0 Å². The van der Waals surface area contributed by atoms with E-state index in [0.29, 0.717) is 30.8 Å². The third kappa shape index (κ3) is 3.90. The number of aromatic amines is 1. The highest BCUT2D eigenvalue weighted by atomic mass is 16.3. The van der Waals surface area contributed by atoms with E-state index in [2.05, 4.69) is 11.9 Å². The fourth-order valence-corrected chi connectivity index (χ4v) is 1.69. The molecule has 5 nitrogen and oxygen atoms in total. The third-order valence-corrected chi connectivity index (χ3v) is 2.71. The summed E-state index contributed by atoms with van der Waals surface area (Å²) >= 11 is 0. The van der Waals surface area contributed by atoms with Crippen LogP contribution in [-0.4, -0.2) is 40.6 Å². The smallest absolute Gasteiger partial charge is 0.255 e. The van der Waals surface area contributed by atoms with E-state index < -0.39 is 0 Å². The number of hydrogen-bond donors (Lipinski definition) is 2. The average molecular weight is 249 g/mol. The molecule has 1 aromatic heterocycles. The van der Waals surface area contributed by atoms with Crippen LogP contribution in [0, 0.1) is 11.3 Å². The van der Waals surface area contributed by atoms with Crippen molar-refractivity contribution in [1.29, 1.82) is 5.26 Å². The van der Waals surface area contributed by atoms with Gasteiger partial charge in [0.25, 0.3) is 5.91 Å². The van der Waals surface area contributed by atoms with Gasteiger partial charge in [0.2, 0.25) is 0 Å². The van der Waals surface area contributed by atoms with E-state index in [1.807, 2.05) is 6.07 Å². The molecule has 5 heteroatoms. The Bertz CT molecular complexity index is 412. The largest absolute Gasteiger partial charge is 0.396 e. The molecule has 0 aliphatic heterocycles. The standard InChI is InChI=1S/C13H19N3O2/c1-2-3-5-16(6-4-7-17)13(18)11-8-12(9-14)15-10-11/h8,10,15,17H,2-7H2,1H3. The molecule has 2 N–H and O–H groups in total. The van der Waals surface area contributed by atoms with Gasteiger partial charge in [-0.3, -0.25) is 4.79 Å². The maximum absolute atomic E-state index is 12.2. The highest BCUT2D eigenvalue weighted by Gasteiger charge is 2.16. The number of unbranched alkanes of at least 4 members (excludes halogenated alkanes) is 1. The highest BCUT2D eigenvalue weighted by molar-refractivity contribution is 5.94. The average Bonchev–Trinajstić information content (AvgIpc) is 2.87. The molecule has 1 heterocycles. The number of nitrogens with zero attached hydrogens (tertiary/aromatic N) is 2. The molecule has 98 valence electrons. The number of nitriles is 1. The zero-order valence-corrected chi connectivity index (χ0v) is 10.6. The van der Waals surface area contributed by atoms with Crippen LogP contribution in [0.5, 0.6) is 0 Å². The van der Waals surface area contributed by atoms with E-state index in [4.69, 9.17) is 10.4 Å². The molecule has 0 aliphatic rings. The van der Waals surface area contributed by atoms with Crippen LogP contribution in [0.1, 0.15) is 42.2 Å². The fourth-order valence-electron chi connectivity index (χ4n) is 1.69. The van der Waals surface area contributed by atoms with Crippen molar-refractivity contribution in [2.45, 2.75) is 26.2 Å². The normalized spacial score (nSPS) is 10.1. The number of rotatable bonds is 7. The number of aliphatic hydroxyl groups is 1. The maximum Gasteiger partial charge on any atom is 0.255 e. The minimum absolute atomic E-state index is 0.0759. The van der Waals surface area contributed by atoms with Gasteiger partial charge in [0.15, 0.2) is 0 Å². The van der Waals surface area contributed by atoms with Crippen LogP contribution in [0.25, 0.3) is 0 Å². The van der Waals surface area contributed by atoms with Crippen molar-refractivity contribution < 1.29 is 9.90 Å². The molecule has 0 aromatic carbocycles. The zero-order valence-electron chi connectivity index (χ0n) is 10.6. The van der Waals surface area contributed by atoms with Crippen molar-refractivity contribution in [3.63, 3.8) is 0 Å². The molecule has 0 bridgehead atoms. The number of nitrogens with one attached hydrogen (secondary N) is 1. The predicted molar refractivity (Wildman–Crippen MR) is 68.0 cm³/mol. The summed E-state index contributed by atoms with van der Waals surface area (Å²) < 4.78 is 0. The lowest BCUT2D eigenvalue weighted by Gasteiger charge is -2.21. The summed E-state index contributed by atoms with van der Waals surface area (Å²) in [4.78, 5) is 16.7. The van der Waals surface area contributed by atoms with Crippen molar-refractivity contribution >= 4 is 5.91 Å². The minimum Gasteiger partial charge on any atom is -0.396 e. The zero-order chi connectivity index (χ0) is 13.4. The van der Waals surface area contributed by atoms with E-state index in [9.17, 15) is 4.79 Å². The van der Waals surface area contributed by atoms with Crippen LogP contribution >= 0.6 is 0 Å². The van der Waals surface area contributed by atoms with Crippen LogP contribution < -0.4 is 0 Å². The number of hydrogen-bond acceptors (Lipinski definition) is 3. The molecule has 0 spiro atoms. The molecular formula is C13H19N3O2. The van der Waals surface area contributed by atoms with E-state index in [1.165, 1.54) is 0 Å². The number of aliphatic hydroxyl groups excluding tert-OH is 1. The van der Waals surface area contributed by atoms with Crippen molar-refractivity contribution in [2.24, 2.45) is 0 Å². The quantitative estimate of drug-likeness (QED) is 0.768. The molecule has 0 unspecified atom stereocenters. The lowest BCUT2D eigenvalue weighted by molar-refractivity contribution is 0.0743. The van der Waals surface area contributed by atoms with Crippen LogP contribution in [0.15, 0.2) is 12.3 Å². The Morgan fingerprint density at radius 1 is 1.50 bits per heavy atom. The Kier molecular flexibility index (Phi) is 5.95. The second-order valence-corrected chi connectivity index (χ2v) is 4.14. The predicted octanol–water partition coefficient (Wildman–Crippen LogP) is 1.51. The van der Waals surface area contributed by atoms with E-state index in [1.54, 1.807) is 17.2 Å². The van der Waals surface area contributed by atoms with Crippen LogP contribution in [-0.2, 0) is 0 Å². The molecule has 1 amide bonds. The Balaban J connectivity index is 2.70. The topological polar surface area (TPSA) is 80.1 Å². The summed E-state index contributed by atoms with van der Waals surface area (Å²) in [7, 11) is 0. The van der Waals surface area contributed by atoms with Gasteiger partial charge < -0.3 is 15.0 Å².